The molecular formula is C46H55N. The van der Waals surface area contributed by atoms with E-state index in [1.807, 2.05) is 0 Å². The molecule has 0 aromatic heterocycles. The molecule has 0 saturated heterocycles. The zero-order chi connectivity index (χ0) is 31.5. The number of nitrogens with zero attached hydrogens (tertiary/aromatic N) is 1. The number of hydrogen-bond acceptors (Lipinski definition) is 1. The summed E-state index contributed by atoms with van der Waals surface area (Å²) in [5, 5.41) is 0. The molecule has 1 heteroatoms. The fourth-order valence-electron chi connectivity index (χ4n) is 11.9. The van der Waals surface area contributed by atoms with Crippen LogP contribution in [0.25, 0.3) is 0 Å². The minimum atomic E-state index is 0.161. The van der Waals surface area contributed by atoms with Crippen LogP contribution in [0, 0.1) is 29.6 Å². The van der Waals surface area contributed by atoms with Crippen LogP contribution in [-0.4, -0.2) is 0 Å². The highest BCUT2D eigenvalue weighted by Gasteiger charge is 2.47. The maximum Gasteiger partial charge on any atom is 0.0464 e. The first-order valence-corrected chi connectivity index (χ1v) is 19.6. The van der Waals surface area contributed by atoms with Crippen molar-refractivity contribution in [3.05, 3.63) is 113 Å². The van der Waals surface area contributed by atoms with Gasteiger partial charge in [0.05, 0.1) is 0 Å². The zero-order valence-corrected chi connectivity index (χ0v) is 28.9. The summed E-state index contributed by atoms with van der Waals surface area (Å²) in [5.41, 5.74) is 10.3. The maximum absolute atomic E-state index is 2.60. The Morgan fingerprint density at radius 2 is 1.23 bits per heavy atom. The average Bonchev–Trinajstić information content (AvgIpc) is 3.97. The Labute approximate surface area is 284 Å². The van der Waals surface area contributed by atoms with Gasteiger partial charge in [0.2, 0.25) is 0 Å². The average molecular weight is 622 g/mol. The molecule has 0 aliphatic heterocycles. The lowest BCUT2D eigenvalue weighted by Crippen LogP contribution is -2.28. The van der Waals surface area contributed by atoms with E-state index in [2.05, 4.69) is 110 Å². The van der Waals surface area contributed by atoms with Gasteiger partial charge in [-0.3, -0.25) is 0 Å². The molecule has 6 aliphatic carbocycles. The third-order valence-electron chi connectivity index (χ3n) is 14.3. The number of rotatable bonds is 10. The van der Waals surface area contributed by atoms with Crippen molar-refractivity contribution in [2.24, 2.45) is 29.6 Å². The van der Waals surface area contributed by atoms with Gasteiger partial charge in [0, 0.05) is 28.4 Å². The molecule has 9 unspecified atom stereocenters. The maximum atomic E-state index is 2.60. The molecule has 0 N–H and O–H groups in total. The van der Waals surface area contributed by atoms with Gasteiger partial charge in [0.25, 0.3) is 0 Å². The number of hydrogen-bond donors (Lipinski definition) is 0. The molecule has 4 fully saturated rings. The molecule has 6 aliphatic rings. The van der Waals surface area contributed by atoms with Gasteiger partial charge in [-0.25, -0.2) is 0 Å². The molecule has 3 aromatic carbocycles. The van der Waals surface area contributed by atoms with E-state index in [-0.39, 0.29) is 5.41 Å². The van der Waals surface area contributed by atoms with E-state index in [4.69, 9.17) is 0 Å². The highest BCUT2D eigenvalue weighted by molar-refractivity contribution is 5.78. The van der Waals surface area contributed by atoms with E-state index < -0.39 is 0 Å². The quantitative estimate of drug-likeness (QED) is 0.204. The van der Waals surface area contributed by atoms with Crippen LogP contribution in [0.1, 0.15) is 137 Å². The molecule has 4 bridgehead atoms. The summed E-state index contributed by atoms with van der Waals surface area (Å²) in [6.45, 7) is 4.90. The van der Waals surface area contributed by atoms with Crippen molar-refractivity contribution in [1.29, 1.82) is 0 Å². The van der Waals surface area contributed by atoms with Crippen molar-refractivity contribution in [3.63, 3.8) is 0 Å². The number of anilines is 3. The number of unbranched alkanes of at least 4 members (excludes halogenated alkanes) is 3. The first-order valence-electron chi connectivity index (χ1n) is 19.6. The summed E-state index contributed by atoms with van der Waals surface area (Å²) in [7, 11) is 0. The van der Waals surface area contributed by atoms with Crippen molar-refractivity contribution in [1.82, 2.24) is 0 Å². The fourth-order valence-corrected chi connectivity index (χ4v) is 11.9. The minimum absolute atomic E-state index is 0.161. The molecule has 0 radical (unpaired) electrons. The third kappa shape index (κ3) is 5.17. The number of fused-ring (bicyclic) bond motifs is 7. The second kappa shape index (κ2) is 12.1. The van der Waals surface area contributed by atoms with E-state index in [1.54, 1.807) is 22.3 Å². The van der Waals surface area contributed by atoms with Crippen LogP contribution >= 0.6 is 0 Å². The van der Waals surface area contributed by atoms with Gasteiger partial charge in [-0.15, -0.1) is 0 Å². The van der Waals surface area contributed by atoms with Crippen LogP contribution in [0.2, 0.25) is 0 Å². The van der Waals surface area contributed by atoms with Crippen LogP contribution in [0.5, 0.6) is 0 Å². The molecule has 0 heterocycles. The third-order valence-corrected chi connectivity index (χ3v) is 14.3. The lowest BCUT2D eigenvalue weighted by Gasteiger charge is -2.34. The van der Waals surface area contributed by atoms with Gasteiger partial charge >= 0.3 is 0 Å². The van der Waals surface area contributed by atoms with Crippen molar-refractivity contribution in [2.45, 2.75) is 120 Å². The van der Waals surface area contributed by atoms with E-state index in [0.717, 1.165) is 35.5 Å². The van der Waals surface area contributed by atoms with E-state index in [0.29, 0.717) is 11.8 Å². The Balaban J connectivity index is 1.09. The molecule has 1 nitrogen and oxygen atoms in total. The van der Waals surface area contributed by atoms with Crippen LogP contribution in [0.3, 0.4) is 0 Å². The zero-order valence-electron chi connectivity index (χ0n) is 28.9. The Kier molecular flexibility index (Phi) is 7.74. The van der Waals surface area contributed by atoms with E-state index >= 15 is 0 Å². The van der Waals surface area contributed by atoms with Crippen LogP contribution in [-0.2, 0) is 5.41 Å². The predicted octanol–water partition coefficient (Wildman–Crippen LogP) is 13.0. The Morgan fingerprint density at radius 1 is 0.638 bits per heavy atom. The van der Waals surface area contributed by atoms with Gasteiger partial charge < -0.3 is 4.90 Å². The molecule has 9 atom stereocenters. The Hall–Kier alpha value is -3.06. The molecular weight excluding hydrogens is 567 g/mol. The van der Waals surface area contributed by atoms with Crippen molar-refractivity contribution >= 4 is 17.1 Å². The SMILES string of the molecule is CCCCCCC1(C)c2cc(N(c3ccc(C4CC5CCC4C5)cc3)c3ccc(C4CC5CCC4C5)cc3)ccc2C2C=CC=CC21. The van der Waals surface area contributed by atoms with Gasteiger partial charge in [-0.05, 0) is 145 Å². The summed E-state index contributed by atoms with van der Waals surface area (Å²) in [6, 6.07) is 27.2. The topological polar surface area (TPSA) is 3.24 Å². The van der Waals surface area contributed by atoms with Gasteiger partial charge in [-0.2, -0.15) is 0 Å². The van der Waals surface area contributed by atoms with Crippen molar-refractivity contribution < 1.29 is 0 Å². The first-order chi connectivity index (χ1) is 23.1. The van der Waals surface area contributed by atoms with Crippen molar-refractivity contribution in [3.8, 4) is 0 Å². The summed E-state index contributed by atoms with van der Waals surface area (Å²) >= 11 is 0. The normalized spacial score (nSPS) is 34.3. The first kappa shape index (κ1) is 30.0. The minimum Gasteiger partial charge on any atom is -0.310 e. The molecule has 9 rings (SSSR count). The Bertz CT molecular complexity index is 1570. The molecule has 47 heavy (non-hydrogen) atoms. The molecule has 3 aromatic rings. The lowest BCUT2D eigenvalue weighted by molar-refractivity contribution is 0.322. The summed E-state index contributed by atoms with van der Waals surface area (Å²) in [4.78, 5) is 2.57. The van der Waals surface area contributed by atoms with Crippen LogP contribution in [0.4, 0.5) is 17.1 Å². The molecule has 0 spiro atoms. The van der Waals surface area contributed by atoms with Gasteiger partial charge in [0.1, 0.15) is 0 Å². The Morgan fingerprint density at radius 3 is 1.79 bits per heavy atom. The van der Waals surface area contributed by atoms with Crippen molar-refractivity contribution in [2.75, 3.05) is 4.90 Å². The van der Waals surface area contributed by atoms with E-state index in [9.17, 15) is 0 Å². The monoisotopic (exact) mass is 621 g/mol. The fraction of sp³-hybridized carbons (Fsp3) is 0.522. The molecule has 244 valence electrons. The number of allylic oxidation sites excluding steroid dienone is 4. The summed E-state index contributed by atoms with van der Waals surface area (Å²) in [5.74, 6) is 6.38. The molecule has 4 saturated carbocycles. The van der Waals surface area contributed by atoms with Gasteiger partial charge in [0.15, 0.2) is 0 Å². The van der Waals surface area contributed by atoms with Crippen LogP contribution < -0.4 is 4.90 Å². The standard InChI is InChI=1S/C46H55N/c1-3-4-5-8-25-46(2)44-10-7-6-9-40(44)41-24-23-39(30-45(41)46)47(37-19-15-33(16-20-37)42-28-31-11-13-35(42)26-31)38-21-17-34(18-22-38)43-29-32-12-14-36(43)27-32/h6-7,9-10,15-24,30-32,35-36,40,42-44H,3-5,8,11-14,25-29H2,1-2H3. The molecule has 0 amide bonds. The smallest absolute Gasteiger partial charge is 0.0464 e. The lowest BCUT2D eigenvalue weighted by atomic mass is 9.70. The summed E-state index contributed by atoms with van der Waals surface area (Å²) < 4.78 is 0. The largest absolute Gasteiger partial charge is 0.310 e. The highest BCUT2D eigenvalue weighted by atomic mass is 15.1. The van der Waals surface area contributed by atoms with Crippen LogP contribution in [0.15, 0.2) is 91.0 Å². The highest BCUT2D eigenvalue weighted by Crippen LogP contribution is 2.57. The second-order valence-corrected chi connectivity index (χ2v) is 16.9. The predicted molar refractivity (Wildman–Crippen MR) is 198 cm³/mol. The van der Waals surface area contributed by atoms with E-state index in [1.165, 1.54) is 101 Å². The summed E-state index contributed by atoms with van der Waals surface area (Å²) in [6.07, 6.45) is 27.7. The second-order valence-electron chi connectivity index (χ2n) is 16.9. The van der Waals surface area contributed by atoms with Gasteiger partial charge in [-0.1, -0.05) is 107 Å². The number of benzene rings is 3.